The molecule has 0 N–H and O–H groups in total. The highest BCUT2D eigenvalue weighted by Crippen LogP contribution is 2.25. The molecule has 0 aliphatic heterocycles. The van der Waals surface area contributed by atoms with Crippen LogP contribution in [0.5, 0.6) is 0 Å². The molecule has 21 heavy (non-hydrogen) atoms. The molecule has 1 amide bonds. The molecule has 0 aromatic heterocycles. The molecule has 1 aliphatic carbocycles. The van der Waals surface area contributed by atoms with Gasteiger partial charge in [0.05, 0.1) is 4.92 Å². The van der Waals surface area contributed by atoms with E-state index in [2.05, 4.69) is 0 Å². The summed E-state index contributed by atoms with van der Waals surface area (Å²) in [6.07, 6.45) is 1.86. The first-order chi connectivity index (χ1) is 9.90. The number of Topliss-reactive ketones (excluding diaryl/α,β-unsaturated/α-hetero) is 1. The minimum absolute atomic E-state index is 0.155. The van der Waals surface area contributed by atoms with E-state index in [0.717, 1.165) is 18.2 Å². The minimum atomic E-state index is -0.703. The number of nitrogens with zero attached hydrogens (tertiary/aromatic N) is 2. The number of carbonyl (C=O) groups is 2. The van der Waals surface area contributed by atoms with Crippen LogP contribution in [0.4, 0.5) is 10.1 Å². The van der Waals surface area contributed by atoms with Crippen LogP contribution in [0.3, 0.4) is 0 Å². The molecule has 1 saturated carbocycles. The molecule has 112 valence electrons. The van der Waals surface area contributed by atoms with Gasteiger partial charge in [0.1, 0.15) is 17.2 Å². The van der Waals surface area contributed by atoms with Gasteiger partial charge in [0.25, 0.3) is 11.6 Å². The molecular weight excluding hydrogens is 279 g/mol. The summed E-state index contributed by atoms with van der Waals surface area (Å²) in [6, 6.07) is 2.66. The molecule has 0 heterocycles. The number of nitro benzene ring substituents is 1. The van der Waals surface area contributed by atoms with E-state index in [9.17, 15) is 24.1 Å². The fraction of sp³-hybridized carbons (Fsp3) is 0.429. The van der Waals surface area contributed by atoms with Crippen molar-refractivity contribution in [3.05, 3.63) is 39.7 Å². The Kier molecular flexibility index (Phi) is 4.30. The van der Waals surface area contributed by atoms with Crippen molar-refractivity contribution in [2.45, 2.75) is 31.7 Å². The second-order valence-corrected chi connectivity index (χ2v) is 5.10. The molecule has 6 nitrogen and oxygen atoms in total. The van der Waals surface area contributed by atoms with E-state index in [0.29, 0.717) is 25.7 Å². The normalized spacial score (nSPS) is 15.8. The van der Waals surface area contributed by atoms with Crippen molar-refractivity contribution in [1.82, 2.24) is 4.90 Å². The number of hydrogen-bond acceptors (Lipinski definition) is 4. The zero-order chi connectivity index (χ0) is 15.6. The summed E-state index contributed by atoms with van der Waals surface area (Å²) >= 11 is 0. The largest absolute Gasteiger partial charge is 0.338 e. The van der Waals surface area contributed by atoms with Gasteiger partial charge in [-0.25, -0.2) is 4.39 Å². The van der Waals surface area contributed by atoms with Crippen LogP contribution < -0.4 is 0 Å². The van der Waals surface area contributed by atoms with Crippen molar-refractivity contribution < 1.29 is 18.9 Å². The highest BCUT2D eigenvalue weighted by Gasteiger charge is 2.29. The van der Waals surface area contributed by atoms with Gasteiger partial charge in [0, 0.05) is 32.0 Å². The number of carbonyl (C=O) groups excluding carboxylic acids is 2. The van der Waals surface area contributed by atoms with E-state index >= 15 is 0 Å². The summed E-state index contributed by atoms with van der Waals surface area (Å²) in [7, 11) is 1.53. The summed E-state index contributed by atoms with van der Waals surface area (Å²) in [5.41, 5.74) is -0.681. The highest BCUT2D eigenvalue weighted by molar-refractivity contribution is 5.98. The molecule has 0 saturated heterocycles. The first kappa shape index (κ1) is 15.1. The molecule has 0 atom stereocenters. The average Bonchev–Trinajstić information content (AvgIpc) is 2.46. The predicted octanol–water partition coefficient (Wildman–Crippen LogP) is 2.32. The van der Waals surface area contributed by atoms with Crippen LogP contribution in [0.2, 0.25) is 0 Å². The first-order valence-electron chi connectivity index (χ1n) is 6.63. The maximum Gasteiger partial charge on any atom is 0.282 e. The number of halogens is 1. The molecule has 0 bridgehead atoms. The predicted molar refractivity (Wildman–Crippen MR) is 72.4 cm³/mol. The Bertz CT molecular complexity index is 593. The zero-order valence-electron chi connectivity index (χ0n) is 11.5. The lowest BCUT2D eigenvalue weighted by Crippen LogP contribution is -2.39. The van der Waals surface area contributed by atoms with Crippen molar-refractivity contribution in [2.75, 3.05) is 7.05 Å². The van der Waals surface area contributed by atoms with Crippen LogP contribution in [0.15, 0.2) is 18.2 Å². The SMILES string of the molecule is CN(C(=O)c1cc(F)ccc1[N+](=O)[O-])C1CCC(=O)CC1. The van der Waals surface area contributed by atoms with E-state index in [1.807, 2.05) is 0 Å². The molecule has 0 unspecified atom stereocenters. The zero-order valence-corrected chi connectivity index (χ0v) is 11.5. The number of benzene rings is 1. The van der Waals surface area contributed by atoms with E-state index in [4.69, 9.17) is 0 Å². The van der Waals surface area contributed by atoms with Gasteiger partial charge in [0.15, 0.2) is 0 Å². The summed E-state index contributed by atoms with van der Waals surface area (Å²) < 4.78 is 13.3. The topological polar surface area (TPSA) is 80.5 Å². The molecule has 2 rings (SSSR count). The Morgan fingerprint density at radius 2 is 2.00 bits per heavy atom. The highest BCUT2D eigenvalue weighted by atomic mass is 19.1. The van der Waals surface area contributed by atoms with Crippen LogP contribution in [-0.2, 0) is 4.79 Å². The third kappa shape index (κ3) is 3.24. The fourth-order valence-electron chi connectivity index (χ4n) is 2.51. The van der Waals surface area contributed by atoms with Crippen LogP contribution in [0, 0.1) is 15.9 Å². The third-order valence-corrected chi connectivity index (χ3v) is 3.77. The van der Waals surface area contributed by atoms with Gasteiger partial charge < -0.3 is 4.90 Å². The van der Waals surface area contributed by atoms with Gasteiger partial charge in [-0.05, 0) is 25.0 Å². The van der Waals surface area contributed by atoms with Crippen molar-refractivity contribution in [3.8, 4) is 0 Å². The molecule has 1 aromatic carbocycles. The number of ketones is 1. The summed E-state index contributed by atoms with van der Waals surface area (Å²) in [5, 5.41) is 10.9. The van der Waals surface area contributed by atoms with Crippen LogP contribution in [0.1, 0.15) is 36.0 Å². The van der Waals surface area contributed by atoms with Crippen LogP contribution >= 0.6 is 0 Å². The first-order valence-corrected chi connectivity index (χ1v) is 6.63. The quantitative estimate of drug-likeness (QED) is 0.633. The number of rotatable bonds is 3. The lowest BCUT2D eigenvalue weighted by molar-refractivity contribution is -0.385. The molecule has 0 radical (unpaired) electrons. The monoisotopic (exact) mass is 294 g/mol. The van der Waals surface area contributed by atoms with E-state index in [1.54, 1.807) is 0 Å². The third-order valence-electron chi connectivity index (χ3n) is 3.77. The Morgan fingerprint density at radius 3 is 2.57 bits per heavy atom. The van der Waals surface area contributed by atoms with Gasteiger partial charge in [-0.15, -0.1) is 0 Å². The van der Waals surface area contributed by atoms with E-state index in [1.165, 1.54) is 11.9 Å². The van der Waals surface area contributed by atoms with Gasteiger partial charge in [-0.3, -0.25) is 19.7 Å². The average molecular weight is 294 g/mol. The smallest absolute Gasteiger partial charge is 0.282 e. The number of amides is 1. The second kappa shape index (κ2) is 5.99. The molecule has 0 spiro atoms. The van der Waals surface area contributed by atoms with E-state index in [-0.39, 0.29) is 17.4 Å². The Morgan fingerprint density at radius 1 is 1.38 bits per heavy atom. The van der Waals surface area contributed by atoms with Crippen molar-refractivity contribution in [1.29, 1.82) is 0 Å². The lowest BCUT2D eigenvalue weighted by atomic mass is 9.93. The lowest BCUT2D eigenvalue weighted by Gasteiger charge is -2.30. The minimum Gasteiger partial charge on any atom is -0.338 e. The number of hydrogen-bond donors (Lipinski definition) is 0. The molecule has 1 fully saturated rings. The second-order valence-electron chi connectivity index (χ2n) is 5.10. The van der Waals surface area contributed by atoms with E-state index < -0.39 is 22.3 Å². The number of nitro groups is 1. The van der Waals surface area contributed by atoms with Gasteiger partial charge >= 0.3 is 0 Å². The van der Waals surface area contributed by atoms with Gasteiger partial charge in [0.2, 0.25) is 0 Å². The Labute approximate surface area is 120 Å². The molecular formula is C14H15FN2O4. The summed E-state index contributed by atoms with van der Waals surface area (Å²) in [4.78, 5) is 35.2. The summed E-state index contributed by atoms with van der Waals surface area (Å²) in [6.45, 7) is 0. The molecule has 1 aliphatic rings. The Hall–Kier alpha value is -2.31. The maximum absolute atomic E-state index is 13.3. The molecule has 1 aromatic rings. The molecule has 7 heteroatoms. The van der Waals surface area contributed by atoms with Crippen LogP contribution in [-0.4, -0.2) is 34.6 Å². The fourth-order valence-corrected chi connectivity index (χ4v) is 2.51. The standard InChI is InChI=1S/C14H15FN2O4/c1-16(10-3-5-11(18)6-4-10)14(19)12-8-9(15)2-7-13(12)17(20)21/h2,7-8,10H,3-6H2,1H3. The van der Waals surface area contributed by atoms with Gasteiger partial charge in [-0.2, -0.15) is 0 Å². The Balaban J connectivity index is 2.25. The van der Waals surface area contributed by atoms with Crippen molar-refractivity contribution in [3.63, 3.8) is 0 Å². The summed E-state index contributed by atoms with van der Waals surface area (Å²) in [5.74, 6) is -1.14. The van der Waals surface area contributed by atoms with Crippen molar-refractivity contribution >= 4 is 17.4 Å². The van der Waals surface area contributed by atoms with Crippen LogP contribution in [0.25, 0.3) is 0 Å². The van der Waals surface area contributed by atoms with Gasteiger partial charge in [-0.1, -0.05) is 0 Å². The van der Waals surface area contributed by atoms with Crippen molar-refractivity contribution in [2.24, 2.45) is 0 Å². The maximum atomic E-state index is 13.3.